The van der Waals surface area contributed by atoms with Crippen molar-refractivity contribution in [3.05, 3.63) is 41.7 Å². The van der Waals surface area contributed by atoms with Crippen molar-refractivity contribution < 1.29 is 14.3 Å². The summed E-state index contributed by atoms with van der Waals surface area (Å²) in [4.78, 5) is 12.0. The molecule has 1 atom stereocenters. The van der Waals surface area contributed by atoms with E-state index in [1.807, 2.05) is 19.1 Å². The van der Waals surface area contributed by atoms with Crippen molar-refractivity contribution in [1.82, 2.24) is 15.5 Å². The maximum Gasteiger partial charge on any atom is 0.254 e. The van der Waals surface area contributed by atoms with Crippen LogP contribution in [0.3, 0.4) is 0 Å². The Bertz CT molecular complexity index is 581. The number of H-pyrrole nitrogens is 1. The number of aromatic amines is 1. The monoisotopic (exact) mass is 275 g/mol. The van der Waals surface area contributed by atoms with Crippen LogP contribution in [0.5, 0.6) is 11.5 Å². The first-order valence-corrected chi connectivity index (χ1v) is 6.17. The summed E-state index contributed by atoms with van der Waals surface area (Å²) in [5, 5.41) is 9.25. The van der Waals surface area contributed by atoms with Crippen molar-refractivity contribution >= 4 is 5.91 Å². The van der Waals surface area contributed by atoms with Crippen molar-refractivity contribution in [3.63, 3.8) is 0 Å². The van der Waals surface area contributed by atoms with E-state index in [0.29, 0.717) is 17.1 Å². The summed E-state index contributed by atoms with van der Waals surface area (Å²) in [5.74, 6) is 1.19. The molecule has 6 nitrogen and oxygen atoms in total. The third-order valence-corrected chi connectivity index (χ3v) is 3.02. The van der Waals surface area contributed by atoms with Crippen LogP contribution >= 0.6 is 0 Å². The molecule has 0 spiro atoms. The van der Waals surface area contributed by atoms with Crippen LogP contribution in [-0.2, 0) is 0 Å². The van der Waals surface area contributed by atoms with Crippen molar-refractivity contribution in [1.29, 1.82) is 0 Å². The van der Waals surface area contributed by atoms with Gasteiger partial charge in [0.2, 0.25) is 0 Å². The number of ether oxygens (including phenoxy) is 2. The summed E-state index contributed by atoms with van der Waals surface area (Å²) in [7, 11) is 3.18. The normalized spacial score (nSPS) is 11.8. The van der Waals surface area contributed by atoms with Gasteiger partial charge >= 0.3 is 0 Å². The summed E-state index contributed by atoms with van der Waals surface area (Å²) in [6.45, 7) is 1.89. The van der Waals surface area contributed by atoms with Gasteiger partial charge in [-0.3, -0.25) is 9.89 Å². The lowest BCUT2D eigenvalue weighted by Crippen LogP contribution is -2.26. The number of hydrogen-bond donors (Lipinski definition) is 2. The predicted molar refractivity (Wildman–Crippen MR) is 74.0 cm³/mol. The van der Waals surface area contributed by atoms with Crippen LogP contribution in [0.4, 0.5) is 0 Å². The molecule has 2 N–H and O–H groups in total. The Morgan fingerprint density at radius 1 is 1.35 bits per heavy atom. The highest BCUT2D eigenvalue weighted by molar-refractivity contribution is 5.93. The second-order valence-corrected chi connectivity index (χ2v) is 4.29. The molecule has 1 heterocycles. The molecule has 106 valence electrons. The fourth-order valence-corrected chi connectivity index (χ4v) is 1.91. The third kappa shape index (κ3) is 2.90. The smallest absolute Gasteiger partial charge is 0.254 e. The average molecular weight is 275 g/mol. The molecule has 20 heavy (non-hydrogen) atoms. The van der Waals surface area contributed by atoms with Gasteiger partial charge in [0, 0.05) is 17.8 Å². The Kier molecular flexibility index (Phi) is 4.24. The van der Waals surface area contributed by atoms with Crippen molar-refractivity contribution in [2.75, 3.05) is 14.2 Å². The van der Waals surface area contributed by atoms with Gasteiger partial charge in [-0.1, -0.05) is 0 Å². The molecule has 1 unspecified atom stereocenters. The van der Waals surface area contributed by atoms with E-state index in [1.54, 1.807) is 26.5 Å². The minimum absolute atomic E-state index is 0.191. The minimum atomic E-state index is -0.196. The van der Waals surface area contributed by atoms with Crippen LogP contribution in [0, 0.1) is 0 Å². The van der Waals surface area contributed by atoms with Gasteiger partial charge < -0.3 is 14.8 Å². The molecule has 2 rings (SSSR count). The number of carbonyl (C=O) groups is 1. The third-order valence-electron chi connectivity index (χ3n) is 3.02. The average Bonchev–Trinajstić information content (AvgIpc) is 3.00. The largest absolute Gasteiger partial charge is 0.497 e. The second kappa shape index (κ2) is 6.10. The van der Waals surface area contributed by atoms with Crippen LogP contribution in [0.1, 0.15) is 28.9 Å². The zero-order valence-electron chi connectivity index (χ0n) is 11.6. The van der Waals surface area contributed by atoms with Crippen LogP contribution in [0.25, 0.3) is 0 Å². The number of amides is 1. The summed E-state index contributed by atoms with van der Waals surface area (Å²) in [5.41, 5.74) is 1.37. The van der Waals surface area contributed by atoms with Crippen LogP contribution in [0.2, 0.25) is 0 Å². The van der Waals surface area contributed by atoms with E-state index in [-0.39, 0.29) is 11.9 Å². The van der Waals surface area contributed by atoms with Crippen LogP contribution in [-0.4, -0.2) is 30.3 Å². The summed E-state index contributed by atoms with van der Waals surface area (Å²) >= 11 is 0. The summed E-state index contributed by atoms with van der Waals surface area (Å²) in [6.07, 6.45) is 3.03. The molecule has 0 bridgehead atoms. The Morgan fingerprint density at radius 2 is 2.15 bits per heavy atom. The molecule has 0 aliphatic heterocycles. The Labute approximate surface area is 117 Å². The number of hydrogen-bond acceptors (Lipinski definition) is 4. The van der Waals surface area contributed by atoms with E-state index < -0.39 is 0 Å². The molecular weight excluding hydrogens is 258 g/mol. The van der Waals surface area contributed by atoms with Gasteiger partial charge in [-0.05, 0) is 19.1 Å². The van der Waals surface area contributed by atoms with Crippen LogP contribution < -0.4 is 14.8 Å². The van der Waals surface area contributed by atoms with Gasteiger partial charge in [-0.25, -0.2) is 0 Å². The van der Waals surface area contributed by atoms with Crippen molar-refractivity contribution in [2.45, 2.75) is 13.0 Å². The molecule has 1 amide bonds. The zero-order valence-corrected chi connectivity index (χ0v) is 11.6. The van der Waals surface area contributed by atoms with Crippen molar-refractivity contribution in [3.8, 4) is 11.5 Å². The Hall–Kier alpha value is -2.50. The number of benzene rings is 1. The lowest BCUT2D eigenvalue weighted by atomic mass is 10.1. The van der Waals surface area contributed by atoms with Gasteiger partial charge in [-0.15, -0.1) is 0 Å². The van der Waals surface area contributed by atoms with E-state index in [0.717, 1.165) is 5.56 Å². The standard InChI is InChI=1S/C14H17N3O3/c1-9(17-14(18)10-7-15-16-8-10)12-5-4-11(19-2)6-13(12)20-3/h4-9H,1-3H3,(H,15,16)(H,17,18). The fourth-order valence-electron chi connectivity index (χ4n) is 1.91. The van der Waals surface area contributed by atoms with Crippen LogP contribution in [0.15, 0.2) is 30.6 Å². The van der Waals surface area contributed by atoms with Gasteiger partial charge in [0.1, 0.15) is 11.5 Å². The fraction of sp³-hybridized carbons (Fsp3) is 0.286. The van der Waals surface area contributed by atoms with Gasteiger partial charge in [0.25, 0.3) is 5.91 Å². The topological polar surface area (TPSA) is 76.2 Å². The van der Waals surface area contributed by atoms with Gasteiger partial charge in [0.05, 0.1) is 32.0 Å². The highest BCUT2D eigenvalue weighted by Gasteiger charge is 2.16. The highest BCUT2D eigenvalue weighted by atomic mass is 16.5. The van der Waals surface area contributed by atoms with E-state index >= 15 is 0 Å². The second-order valence-electron chi connectivity index (χ2n) is 4.29. The molecule has 0 aliphatic rings. The molecular formula is C14H17N3O3. The molecule has 6 heteroatoms. The van der Waals surface area contributed by atoms with E-state index in [1.165, 1.54) is 6.20 Å². The Morgan fingerprint density at radius 3 is 2.75 bits per heavy atom. The number of aromatic nitrogens is 2. The molecule has 0 fully saturated rings. The molecule has 1 aromatic heterocycles. The first kappa shape index (κ1) is 13.9. The number of nitrogens with zero attached hydrogens (tertiary/aromatic N) is 1. The van der Waals surface area contributed by atoms with E-state index in [4.69, 9.17) is 9.47 Å². The zero-order chi connectivity index (χ0) is 14.5. The molecule has 1 aromatic carbocycles. The van der Waals surface area contributed by atoms with E-state index in [9.17, 15) is 4.79 Å². The Balaban J connectivity index is 2.16. The quantitative estimate of drug-likeness (QED) is 0.874. The number of carbonyl (C=O) groups excluding carboxylic acids is 1. The molecule has 2 aromatic rings. The number of methoxy groups -OCH3 is 2. The summed E-state index contributed by atoms with van der Waals surface area (Å²) < 4.78 is 10.5. The first-order chi connectivity index (χ1) is 9.65. The lowest BCUT2D eigenvalue weighted by Gasteiger charge is -2.17. The summed E-state index contributed by atoms with van der Waals surface area (Å²) in [6, 6.07) is 5.30. The number of nitrogens with one attached hydrogen (secondary N) is 2. The SMILES string of the molecule is COc1ccc(C(C)NC(=O)c2cn[nH]c2)c(OC)c1. The molecule has 0 saturated carbocycles. The molecule has 0 saturated heterocycles. The van der Waals surface area contributed by atoms with Gasteiger partial charge in [-0.2, -0.15) is 5.10 Å². The highest BCUT2D eigenvalue weighted by Crippen LogP contribution is 2.29. The predicted octanol–water partition coefficient (Wildman–Crippen LogP) is 1.92. The lowest BCUT2D eigenvalue weighted by molar-refractivity contribution is 0.0939. The maximum absolute atomic E-state index is 12.0. The van der Waals surface area contributed by atoms with Gasteiger partial charge in [0.15, 0.2) is 0 Å². The number of rotatable bonds is 5. The molecule has 0 radical (unpaired) electrons. The van der Waals surface area contributed by atoms with E-state index in [2.05, 4.69) is 15.5 Å². The van der Waals surface area contributed by atoms with Crippen molar-refractivity contribution in [2.24, 2.45) is 0 Å². The maximum atomic E-state index is 12.0. The molecule has 0 aliphatic carbocycles. The first-order valence-electron chi connectivity index (χ1n) is 6.17. The minimum Gasteiger partial charge on any atom is -0.497 e.